The Labute approximate surface area is 195 Å². The maximum atomic E-state index is 13.5. The number of aromatic nitrogens is 4. The third-order valence-corrected chi connectivity index (χ3v) is 7.66. The molecule has 0 amide bonds. The van der Waals surface area contributed by atoms with Gasteiger partial charge in [-0.05, 0) is 52.8 Å². The van der Waals surface area contributed by atoms with Crippen molar-refractivity contribution >= 4 is 32.3 Å². The fourth-order valence-electron chi connectivity index (χ4n) is 4.79. The van der Waals surface area contributed by atoms with Crippen molar-refractivity contribution in [1.29, 1.82) is 0 Å². The molecule has 0 bridgehead atoms. The predicted octanol–water partition coefficient (Wildman–Crippen LogP) is 4.10. The van der Waals surface area contributed by atoms with Crippen molar-refractivity contribution in [2.24, 2.45) is 0 Å². The van der Waals surface area contributed by atoms with Gasteiger partial charge in [0.2, 0.25) is 0 Å². The Morgan fingerprint density at radius 1 is 1.09 bits per heavy atom. The summed E-state index contributed by atoms with van der Waals surface area (Å²) in [4.78, 5) is 20.3. The highest BCUT2D eigenvalue weighted by molar-refractivity contribution is 7.18. The average molecular weight is 454 g/mol. The quantitative estimate of drug-likeness (QED) is 0.434. The van der Waals surface area contributed by atoms with Crippen molar-refractivity contribution in [3.8, 4) is 0 Å². The summed E-state index contributed by atoms with van der Waals surface area (Å²) in [5.41, 5.74) is 3.53. The summed E-state index contributed by atoms with van der Waals surface area (Å²) in [6, 6.07) is 16.9. The van der Waals surface area contributed by atoms with E-state index in [0.717, 1.165) is 47.2 Å². The van der Waals surface area contributed by atoms with Gasteiger partial charge in [-0.3, -0.25) is 9.36 Å². The Hall–Kier alpha value is -3.42. The Morgan fingerprint density at radius 3 is 2.91 bits per heavy atom. The molecule has 6 rings (SSSR count). The molecule has 7 heteroatoms. The highest BCUT2D eigenvalue weighted by Gasteiger charge is 2.25. The first-order chi connectivity index (χ1) is 16.3. The summed E-state index contributed by atoms with van der Waals surface area (Å²) >= 11 is 1.67. The molecular formula is C26H23N5OS. The minimum atomic E-state index is 0.0692. The first-order valence-electron chi connectivity index (χ1n) is 11.2. The van der Waals surface area contributed by atoms with Crippen LogP contribution in [0.4, 0.5) is 0 Å². The van der Waals surface area contributed by atoms with E-state index in [1.54, 1.807) is 34.6 Å². The number of aryl methyl sites for hydroxylation is 1. The summed E-state index contributed by atoms with van der Waals surface area (Å²) in [5, 5.41) is 14.6. The second-order valence-electron chi connectivity index (χ2n) is 8.57. The zero-order chi connectivity index (χ0) is 22.2. The number of nitrogens with zero attached hydrogens (tertiary/aromatic N) is 4. The lowest BCUT2D eigenvalue weighted by Gasteiger charge is -2.23. The molecule has 1 N–H and O–H groups in total. The standard InChI is InChI=1S/C26H23N5OS/c32-26-24-22-9-8-20(27-13-17-10-11-29-30-14-17)12-23(22)33-25(24)28-16-31(26)15-19-6-3-5-18-4-1-2-7-21(18)19/h1-7,10-11,14,16,20,27H,8-9,12-13,15H2. The maximum Gasteiger partial charge on any atom is 0.262 e. The van der Waals surface area contributed by atoms with Crippen molar-refractivity contribution in [3.05, 3.63) is 99.2 Å². The van der Waals surface area contributed by atoms with Gasteiger partial charge in [-0.2, -0.15) is 10.2 Å². The number of hydrogen-bond acceptors (Lipinski definition) is 6. The van der Waals surface area contributed by atoms with Crippen LogP contribution >= 0.6 is 11.3 Å². The lowest BCUT2D eigenvalue weighted by Crippen LogP contribution is -2.33. The fraction of sp³-hybridized carbons (Fsp3) is 0.231. The number of nitrogens with one attached hydrogen (secondary N) is 1. The third-order valence-electron chi connectivity index (χ3n) is 6.50. The number of benzene rings is 2. The molecular weight excluding hydrogens is 430 g/mol. The van der Waals surface area contributed by atoms with Gasteiger partial charge < -0.3 is 5.32 Å². The molecule has 0 saturated carbocycles. The number of fused-ring (bicyclic) bond motifs is 4. The van der Waals surface area contributed by atoms with Crippen LogP contribution in [-0.2, 0) is 25.9 Å². The molecule has 1 aliphatic carbocycles. The number of hydrogen-bond donors (Lipinski definition) is 1. The molecule has 1 aliphatic rings. The molecule has 5 aromatic rings. The van der Waals surface area contributed by atoms with Crippen LogP contribution in [0.2, 0.25) is 0 Å². The van der Waals surface area contributed by atoms with E-state index >= 15 is 0 Å². The molecule has 3 aromatic heterocycles. The van der Waals surface area contributed by atoms with Crippen LogP contribution in [0.5, 0.6) is 0 Å². The first kappa shape index (κ1) is 20.2. The molecule has 33 heavy (non-hydrogen) atoms. The second kappa shape index (κ2) is 8.50. The summed E-state index contributed by atoms with van der Waals surface area (Å²) in [7, 11) is 0. The first-order valence-corrected chi connectivity index (χ1v) is 12.0. The Balaban J connectivity index is 1.28. The van der Waals surface area contributed by atoms with Crippen LogP contribution in [0.15, 0.2) is 72.0 Å². The molecule has 6 nitrogen and oxygen atoms in total. The van der Waals surface area contributed by atoms with Crippen LogP contribution < -0.4 is 10.9 Å². The SMILES string of the molecule is O=c1c2c3c(sc2ncn1Cc1cccc2ccccc12)CC(NCc1ccnnc1)CC3. The van der Waals surface area contributed by atoms with E-state index in [4.69, 9.17) is 0 Å². The Morgan fingerprint density at radius 2 is 2.00 bits per heavy atom. The van der Waals surface area contributed by atoms with Gasteiger partial charge in [0.25, 0.3) is 5.56 Å². The Kier molecular flexibility index (Phi) is 5.20. The van der Waals surface area contributed by atoms with Crippen LogP contribution in [0.1, 0.15) is 28.0 Å². The van der Waals surface area contributed by atoms with Gasteiger partial charge >= 0.3 is 0 Å². The second-order valence-corrected chi connectivity index (χ2v) is 9.65. The zero-order valence-corrected chi connectivity index (χ0v) is 18.9. The molecule has 3 heterocycles. The van der Waals surface area contributed by atoms with Gasteiger partial charge in [0.05, 0.1) is 24.5 Å². The van der Waals surface area contributed by atoms with Gasteiger partial charge in [0, 0.05) is 23.7 Å². The van der Waals surface area contributed by atoms with Crippen LogP contribution in [0, 0.1) is 0 Å². The number of thiophene rings is 1. The molecule has 0 saturated heterocycles. The summed E-state index contributed by atoms with van der Waals surface area (Å²) in [5.74, 6) is 0. The van der Waals surface area contributed by atoms with E-state index in [1.165, 1.54) is 21.2 Å². The predicted molar refractivity (Wildman–Crippen MR) is 132 cm³/mol. The molecule has 164 valence electrons. The molecule has 1 unspecified atom stereocenters. The van der Waals surface area contributed by atoms with Crippen LogP contribution in [0.3, 0.4) is 0 Å². The van der Waals surface area contributed by atoms with Crippen LogP contribution in [-0.4, -0.2) is 25.8 Å². The smallest absolute Gasteiger partial charge is 0.262 e. The molecule has 2 aromatic carbocycles. The van der Waals surface area contributed by atoms with Crippen LogP contribution in [0.25, 0.3) is 21.0 Å². The molecule has 0 spiro atoms. The minimum absolute atomic E-state index is 0.0692. The fourth-order valence-corrected chi connectivity index (χ4v) is 6.04. The molecule has 0 aliphatic heterocycles. The zero-order valence-electron chi connectivity index (χ0n) is 18.1. The molecule has 1 atom stereocenters. The van der Waals surface area contributed by atoms with Gasteiger partial charge in [-0.15, -0.1) is 11.3 Å². The lowest BCUT2D eigenvalue weighted by atomic mass is 9.93. The topological polar surface area (TPSA) is 72.7 Å². The highest BCUT2D eigenvalue weighted by atomic mass is 32.1. The van der Waals surface area contributed by atoms with Crippen molar-refractivity contribution < 1.29 is 0 Å². The van der Waals surface area contributed by atoms with E-state index in [-0.39, 0.29) is 5.56 Å². The maximum absolute atomic E-state index is 13.5. The third kappa shape index (κ3) is 3.83. The lowest BCUT2D eigenvalue weighted by molar-refractivity contribution is 0.462. The van der Waals surface area contributed by atoms with Gasteiger partial charge in [-0.25, -0.2) is 4.98 Å². The number of rotatable bonds is 5. The van der Waals surface area contributed by atoms with Gasteiger partial charge in [0.15, 0.2) is 0 Å². The van der Waals surface area contributed by atoms with E-state index in [9.17, 15) is 4.79 Å². The monoisotopic (exact) mass is 453 g/mol. The van der Waals surface area contributed by atoms with E-state index in [2.05, 4.69) is 50.8 Å². The minimum Gasteiger partial charge on any atom is -0.309 e. The molecule has 0 radical (unpaired) electrons. The molecule has 0 fully saturated rings. The highest BCUT2D eigenvalue weighted by Crippen LogP contribution is 2.34. The van der Waals surface area contributed by atoms with Crippen molar-refractivity contribution in [2.45, 2.75) is 38.4 Å². The van der Waals surface area contributed by atoms with E-state index in [0.29, 0.717) is 12.6 Å². The van der Waals surface area contributed by atoms with Crippen molar-refractivity contribution in [2.75, 3.05) is 0 Å². The Bertz CT molecular complexity index is 1500. The normalized spacial score (nSPS) is 15.7. The van der Waals surface area contributed by atoms with Gasteiger partial charge in [0.1, 0.15) is 4.83 Å². The summed E-state index contributed by atoms with van der Waals surface area (Å²) in [6.07, 6.45) is 8.06. The summed E-state index contributed by atoms with van der Waals surface area (Å²) < 4.78 is 1.76. The van der Waals surface area contributed by atoms with E-state index < -0.39 is 0 Å². The van der Waals surface area contributed by atoms with Gasteiger partial charge in [-0.1, -0.05) is 42.5 Å². The largest absolute Gasteiger partial charge is 0.309 e. The average Bonchev–Trinajstić information content (AvgIpc) is 3.24. The summed E-state index contributed by atoms with van der Waals surface area (Å²) in [6.45, 7) is 1.30. The van der Waals surface area contributed by atoms with Crippen molar-refractivity contribution in [1.82, 2.24) is 25.1 Å². The van der Waals surface area contributed by atoms with E-state index in [1.807, 2.05) is 18.2 Å². The van der Waals surface area contributed by atoms with Crippen molar-refractivity contribution in [3.63, 3.8) is 0 Å².